The molecule has 13 heavy (non-hydrogen) atoms. The van der Waals surface area contributed by atoms with Gasteiger partial charge in [0.25, 0.3) is 0 Å². The molecule has 0 aromatic carbocycles. The van der Waals surface area contributed by atoms with Crippen LogP contribution in [0.5, 0.6) is 0 Å². The summed E-state index contributed by atoms with van der Waals surface area (Å²) in [7, 11) is 0. The van der Waals surface area contributed by atoms with Crippen LogP contribution < -0.4 is 0 Å². The zero-order valence-electron chi connectivity index (χ0n) is 9.31. The molecular weight excluding hydrogens is 156 g/mol. The summed E-state index contributed by atoms with van der Waals surface area (Å²) in [5, 5.41) is 0. The lowest BCUT2D eigenvalue weighted by Gasteiger charge is -2.00. The highest BCUT2D eigenvalue weighted by molar-refractivity contribution is 4.97. The van der Waals surface area contributed by atoms with Crippen LogP contribution in [0.1, 0.15) is 58.8 Å². The third kappa shape index (κ3) is 9.39. The topological polar surface area (TPSA) is 0 Å². The second-order valence-corrected chi connectivity index (χ2v) is 3.73. The van der Waals surface area contributed by atoms with Crippen LogP contribution in [0, 0.1) is 0 Å². The van der Waals surface area contributed by atoms with Crippen LogP contribution in [0.4, 0.5) is 0 Å². The summed E-state index contributed by atoms with van der Waals surface area (Å²) in [5.74, 6) is 0. The fraction of sp³-hybridized carbons (Fsp3) is 0.692. The van der Waals surface area contributed by atoms with Gasteiger partial charge in [-0.15, -0.1) is 6.58 Å². The zero-order chi connectivity index (χ0) is 9.94. The number of allylic oxidation sites excluding steroid dienone is 3. The van der Waals surface area contributed by atoms with Crippen molar-refractivity contribution < 1.29 is 0 Å². The lowest BCUT2D eigenvalue weighted by molar-refractivity contribution is 0.735. The molecule has 0 saturated heterocycles. The molecule has 0 fully saturated rings. The molecule has 0 aromatic heterocycles. The average molecular weight is 180 g/mol. The van der Waals surface area contributed by atoms with Crippen LogP contribution in [0.3, 0.4) is 0 Å². The van der Waals surface area contributed by atoms with Crippen molar-refractivity contribution in [3.63, 3.8) is 0 Å². The fourth-order valence-electron chi connectivity index (χ4n) is 1.35. The summed E-state index contributed by atoms with van der Waals surface area (Å²) in [4.78, 5) is 0. The molecule has 0 aliphatic heterocycles. The van der Waals surface area contributed by atoms with Crippen molar-refractivity contribution >= 4 is 0 Å². The van der Waals surface area contributed by atoms with Gasteiger partial charge < -0.3 is 0 Å². The Kier molecular flexibility index (Phi) is 9.18. The van der Waals surface area contributed by atoms with Gasteiger partial charge in [-0.1, -0.05) is 37.5 Å². The van der Waals surface area contributed by atoms with E-state index in [1.54, 1.807) is 5.57 Å². The Bertz CT molecular complexity index is 142. The van der Waals surface area contributed by atoms with Gasteiger partial charge in [-0.2, -0.15) is 0 Å². The van der Waals surface area contributed by atoms with E-state index in [1.165, 1.54) is 44.9 Å². The SMILES string of the molecule is C=CCCCCC(C)=CCCCC. The molecular formula is C13H24. The summed E-state index contributed by atoms with van der Waals surface area (Å²) < 4.78 is 0. The highest BCUT2D eigenvalue weighted by atomic mass is 14.0. The van der Waals surface area contributed by atoms with Crippen molar-refractivity contribution in [2.75, 3.05) is 0 Å². The standard InChI is InChI=1S/C13H24/c1-4-6-8-10-12-13(3)11-9-7-5-2/h4,11H,1,5-10,12H2,2-3H3. The molecule has 0 aromatic rings. The first-order chi connectivity index (χ1) is 6.31. The monoisotopic (exact) mass is 180 g/mol. The molecule has 0 spiro atoms. The predicted molar refractivity (Wildman–Crippen MR) is 61.9 cm³/mol. The molecule has 0 heteroatoms. The number of hydrogen-bond acceptors (Lipinski definition) is 0. The maximum Gasteiger partial charge on any atom is -0.0323 e. The van der Waals surface area contributed by atoms with E-state index in [0.29, 0.717) is 0 Å². The molecule has 0 heterocycles. The molecule has 0 bridgehead atoms. The van der Waals surface area contributed by atoms with Gasteiger partial charge in [0.15, 0.2) is 0 Å². The average Bonchev–Trinajstić information content (AvgIpc) is 2.13. The Hall–Kier alpha value is -0.520. The van der Waals surface area contributed by atoms with Gasteiger partial charge in [-0.05, 0) is 39.0 Å². The summed E-state index contributed by atoms with van der Waals surface area (Å²) in [6.45, 7) is 8.22. The number of unbranched alkanes of at least 4 members (excludes halogenated alkanes) is 4. The van der Waals surface area contributed by atoms with Crippen LogP contribution in [-0.2, 0) is 0 Å². The molecule has 76 valence electrons. The van der Waals surface area contributed by atoms with Gasteiger partial charge in [0, 0.05) is 0 Å². The second-order valence-electron chi connectivity index (χ2n) is 3.73. The summed E-state index contributed by atoms with van der Waals surface area (Å²) in [6, 6.07) is 0. The van der Waals surface area contributed by atoms with Gasteiger partial charge in [0.1, 0.15) is 0 Å². The number of hydrogen-bond donors (Lipinski definition) is 0. The maximum absolute atomic E-state index is 3.72. The van der Waals surface area contributed by atoms with Crippen LogP contribution in [-0.4, -0.2) is 0 Å². The summed E-state index contributed by atoms with van der Waals surface area (Å²) in [5.41, 5.74) is 1.57. The van der Waals surface area contributed by atoms with Gasteiger partial charge >= 0.3 is 0 Å². The molecule has 0 amide bonds. The number of rotatable bonds is 8. The Labute approximate surface area is 83.7 Å². The van der Waals surface area contributed by atoms with E-state index in [9.17, 15) is 0 Å². The minimum atomic E-state index is 1.17. The van der Waals surface area contributed by atoms with Crippen molar-refractivity contribution in [1.82, 2.24) is 0 Å². The van der Waals surface area contributed by atoms with Gasteiger partial charge in [-0.3, -0.25) is 0 Å². The van der Waals surface area contributed by atoms with Crippen LogP contribution in [0.15, 0.2) is 24.3 Å². The first-order valence-corrected chi connectivity index (χ1v) is 5.57. The lowest BCUT2D eigenvalue weighted by atomic mass is 10.1. The van der Waals surface area contributed by atoms with Gasteiger partial charge in [0.2, 0.25) is 0 Å². The summed E-state index contributed by atoms with van der Waals surface area (Å²) >= 11 is 0. The van der Waals surface area contributed by atoms with Crippen LogP contribution in [0.25, 0.3) is 0 Å². The summed E-state index contributed by atoms with van der Waals surface area (Å²) in [6.07, 6.45) is 13.4. The highest BCUT2D eigenvalue weighted by Crippen LogP contribution is 2.10. The first kappa shape index (κ1) is 12.5. The molecule has 0 unspecified atom stereocenters. The Balaban J connectivity index is 3.32. The van der Waals surface area contributed by atoms with Crippen molar-refractivity contribution in [2.24, 2.45) is 0 Å². The maximum atomic E-state index is 3.72. The van der Waals surface area contributed by atoms with Gasteiger partial charge in [-0.25, -0.2) is 0 Å². The van der Waals surface area contributed by atoms with Crippen molar-refractivity contribution in [1.29, 1.82) is 0 Å². The predicted octanol–water partition coefficient (Wildman–Crippen LogP) is 4.87. The Morgan fingerprint density at radius 2 is 1.92 bits per heavy atom. The molecule has 0 aliphatic rings. The lowest BCUT2D eigenvalue weighted by Crippen LogP contribution is -1.79. The van der Waals surface area contributed by atoms with Crippen LogP contribution in [0.2, 0.25) is 0 Å². The fourth-order valence-corrected chi connectivity index (χ4v) is 1.35. The third-order valence-electron chi connectivity index (χ3n) is 2.28. The first-order valence-electron chi connectivity index (χ1n) is 5.57. The molecule has 0 atom stereocenters. The molecule has 0 nitrogen and oxygen atoms in total. The second kappa shape index (κ2) is 9.57. The Morgan fingerprint density at radius 1 is 1.15 bits per heavy atom. The van der Waals surface area contributed by atoms with Crippen molar-refractivity contribution in [2.45, 2.75) is 58.8 Å². The largest absolute Gasteiger partial charge is 0.103 e. The minimum Gasteiger partial charge on any atom is -0.103 e. The quantitative estimate of drug-likeness (QED) is 0.369. The minimum absolute atomic E-state index is 1.17. The zero-order valence-corrected chi connectivity index (χ0v) is 9.31. The molecule has 0 aliphatic carbocycles. The van der Waals surface area contributed by atoms with Crippen molar-refractivity contribution in [3.05, 3.63) is 24.3 Å². The van der Waals surface area contributed by atoms with E-state index in [2.05, 4.69) is 26.5 Å². The molecule has 0 rings (SSSR count). The smallest absolute Gasteiger partial charge is 0.0323 e. The Morgan fingerprint density at radius 3 is 2.54 bits per heavy atom. The van der Waals surface area contributed by atoms with E-state index in [1.807, 2.05) is 6.08 Å². The van der Waals surface area contributed by atoms with E-state index in [-0.39, 0.29) is 0 Å². The molecule has 0 radical (unpaired) electrons. The normalized spacial score (nSPS) is 11.7. The van der Waals surface area contributed by atoms with E-state index >= 15 is 0 Å². The van der Waals surface area contributed by atoms with E-state index in [4.69, 9.17) is 0 Å². The third-order valence-corrected chi connectivity index (χ3v) is 2.28. The van der Waals surface area contributed by atoms with E-state index in [0.717, 1.165) is 0 Å². The molecule has 0 N–H and O–H groups in total. The highest BCUT2D eigenvalue weighted by Gasteiger charge is 1.90. The van der Waals surface area contributed by atoms with Gasteiger partial charge in [0.05, 0.1) is 0 Å². The molecule has 0 saturated carbocycles. The van der Waals surface area contributed by atoms with Crippen molar-refractivity contribution in [3.8, 4) is 0 Å². The van der Waals surface area contributed by atoms with E-state index < -0.39 is 0 Å². The van der Waals surface area contributed by atoms with Crippen LogP contribution >= 0.6 is 0 Å².